The van der Waals surface area contributed by atoms with Crippen molar-refractivity contribution in [2.45, 2.75) is 38.9 Å². The third-order valence-corrected chi connectivity index (χ3v) is 4.69. The molecular formula is C19H27F4IN4O. The minimum absolute atomic E-state index is 0. The van der Waals surface area contributed by atoms with Gasteiger partial charge in [-0.3, -0.25) is 9.79 Å². The molecule has 1 heterocycles. The Morgan fingerprint density at radius 3 is 2.66 bits per heavy atom. The smallest absolute Gasteiger partial charge is 0.356 e. The number of rotatable bonds is 5. The Bertz CT molecular complexity index is 712. The van der Waals surface area contributed by atoms with Gasteiger partial charge in [0.15, 0.2) is 5.96 Å². The largest absolute Gasteiger partial charge is 0.416 e. The predicted octanol–water partition coefficient (Wildman–Crippen LogP) is 3.78. The molecule has 1 saturated heterocycles. The molecule has 5 nitrogen and oxygen atoms in total. The highest BCUT2D eigenvalue weighted by molar-refractivity contribution is 14.0. The average Bonchev–Trinajstić information content (AvgIpc) is 2.64. The first-order chi connectivity index (χ1) is 13.2. The first-order valence-electron chi connectivity index (χ1n) is 9.28. The lowest BCUT2D eigenvalue weighted by Crippen LogP contribution is -2.42. The fourth-order valence-corrected chi connectivity index (χ4v) is 3.23. The van der Waals surface area contributed by atoms with E-state index in [1.807, 2.05) is 4.90 Å². The average molecular weight is 530 g/mol. The van der Waals surface area contributed by atoms with Crippen molar-refractivity contribution in [3.63, 3.8) is 0 Å². The van der Waals surface area contributed by atoms with E-state index in [1.54, 1.807) is 0 Å². The molecule has 0 spiro atoms. The van der Waals surface area contributed by atoms with E-state index in [-0.39, 0.29) is 54.4 Å². The lowest BCUT2D eigenvalue weighted by Gasteiger charge is -2.31. The summed E-state index contributed by atoms with van der Waals surface area (Å²) in [7, 11) is 1.48. The molecular weight excluding hydrogens is 503 g/mol. The zero-order valence-electron chi connectivity index (χ0n) is 16.5. The SMILES string of the molecule is CN=C(NCCC(=O)N1CCCC(C)C1)NCc1ccc(F)cc1C(F)(F)F.I. The van der Waals surface area contributed by atoms with Gasteiger partial charge < -0.3 is 15.5 Å². The lowest BCUT2D eigenvalue weighted by atomic mass is 10.00. The highest BCUT2D eigenvalue weighted by Crippen LogP contribution is 2.32. The van der Waals surface area contributed by atoms with Gasteiger partial charge in [-0.05, 0) is 36.5 Å². The van der Waals surface area contributed by atoms with Crippen molar-refractivity contribution in [2.75, 3.05) is 26.7 Å². The first kappa shape index (κ1) is 25.4. The number of hydrogen-bond acceptors (Lipinski definition) is 2. The minimum atomic E-state index is -4.64. The fraction of sp³-hybridized carbons (Fsp3) is 0.579. The Morgan fingerprint density at radius 2 is 2.03 bits per heavy atom. The van der Waals surface area contributed by atoms with Gasteiger partial charge in [-0.25, -0.2) is 4.39 Å². The van der Waals surface area contributed by atoms with Crippen LogP contribution in [-0.2, 0) is 17.5 Å². The summed E-state index contributed by atoms with van der Waals surface area (Å²) in [6.07, 6.45) is -2.24. The summed E-state index contributed by atoms with van der Waals surface area (Å²) in [5.41, 5.74) is -1.11. The zero-order valence-corrected chi connectivity index (χ0v) is 18.8. The molecule has 1 atom stereocenters. The number of carbonyl (C=O) groups is 1. The van der Waals surface area contributed by atoms with E-state index >= 15 is 0 Å². The summed E-state index contributed by atoms with van der Waals surface area (Å²) in [6.45, 7) is 3.79. The molecule has 2 N–H and O–H groups in total. The standard InChI is InChI=1S/C19H26F4N4O.HI/c1-13-4-3-9-27(12-13)17(28)7-8-25-18(24-2)26-11-14-5-6-15(20)10-16(14)19(21,22)23;/h5-6,10,13H,3-4,7-9,11-12H2,1-2H3,(H2,24,25,26);1H. The number of halogens is 5. The van der Waals surface area contributed by atoms with E-state index in [4.69, 9.17) is 0 Å². The van der Waals surface area contributed by atoms with E-state index in [9.17, 15) is 22.4 Å². The van der Waals surface area contributed by atoms with Crippen LogP contribution >= 0.6 is 24.0 Å². The second-order valence-electron chi connectivity index (χ2n) is 6.99. The van der Waals surface area contributed by atoms with Crippen molar-refractivity contribution in [3.05, 3.63) is 35.1 Å². The number of guanidine groups is 1. The fourth-order valence-electron chi connectivity index (χ4n) is 3.23. The Kier molecular flexibility index (Phi) is 10.1. The minimum Gasteiger partial charge on any atom is -0.356 e. The summed E-state index contributed by atoms with van der Waals surface area (Å²) in [5, 5.41) is 5.70. The molecule has 164 valence electrons. The molecule has 10 heteroatoms. The highest BCUT2D eigenvalue weighted by Gasteiger charge is 2.33. The van der Waals surface area contributed by atoms with Crippen LogP contribution in [0, 0.1) is 11.7 Å². The molecule has 0 aromatic heterocycles. The van der Waals surface area contributed by atoms with Crippen molar-refractivity contribution in [1.82, 2.24) is 15.5 Å². The van der Waals surface area contributed by atoms with Crippen LogP contribution in [-0.4, -0.2) is 43.4 Å². The van der Waals surface area contributed by atoms with Gasteiger partial charge in [-0.1, -0.05) is 13.0 Å². The number of alkyl halides is 3. The summed E-state index contributed by atoms with van der Waals surface area (Å²) in [5.74, 6) is -0.118. The van der Waals surface area contributed by atoms with E-state index in [0.717, 1.165) is 38.1 Å². The molecule has 0 bridgehead atoms. The number of hydrogen-bond donors (Lipinski definition) is 2. The molecule has 0 saturated carbocycles. The number of nitrogens with one attached hydrogen (secondary N) is 2. The first-order valence-corrected chi connectivity index (χ1v) is 9.28. The molecule has 1 unspecified atom stereocenters. The second kappa shape index (κ2) is 11.6. The molecule has 1 aliphatic heterocycles. The Labute approximate surface area is 185 Å². The number of likely N-dealkylation sites (tertiary alicyclic amines) is 1. The van der Waals surface area contributed by atoms with Crippen LogP contribution in [0.4, 0.5) is 17.6 Å². The Hall–Kier alpha value is -1.59. The molecule has 29 heavy (non-hydrogen) atoms. The van der Waals surface area contributed by atoms with Crippen LogP contribution in [0.2, 0.25) is 0 Å². The molecule has 1 aromatic carbocycles. The third kappa shape index (κ3) is 7.98. The van der Waals surface area contributed by atoms with Gasteiger partial charge in [-0.2, -0.15) is 13.2 Å². The highest BCUT2D eigenvalue weighted by atomic mass is 127. The molecule has 0 radical (unpaired) electrons. The molecule has 1 fully saturated rings. The zero-order chi connectivity index (χ0) is 20.7. The maximum Gasteiger partial charge on any atom is 0.416 e. The van der Waals surface area contributed by atoms with E-state index in [1.165, 1.54) is 7.05 Å². The van der Waals surface area contributed by atoms with E-state index < -0.39 is 17.6 Å². The molecule has 1 aromatic rings. The van der Waals surface area contributed by atoms with Crippen LogP contribution in [0.3, 0.4) is 0 Å². The number of carbonyl (C=O) groups excluding carboxylic acids is 1. The monoisotopic (exact) mass is 530 g/mol. The van der Waals surface area contributed by atoms with E-state index in [2.05, 4.69) is 22.5 Å². The molecule has 2 rings (SSSR count). The van der Waals surface area contributed by atoms with Gasteiger partial charge in [0.05, 0.1) is 5.56 Å². The number of benzene rings is 1. The predicted molar refractivity (Wildman–Crippen MR) is 115 cm³/mol. The van der Waals surface area contributed by atoms with Crippen LogP contribution < -0.4 is 10.6 Å². The molecule has 1 aliphatic rings. The van der Waals surface area contributed by atoms with Crippen molar-refractivity contribution in [1.29, 1.82) is 0 Å². The normalized spacial score (nSPS) is 17.5. The molecule has 1 amide bonds. The quantitative estimate of drug-likeness (QED) is 0.264. The van der Waals surface area contributed by atoms with Crippen molar-refractivity contribution >= 4 is 35.8 Å². The number of piperidine rings is 1. The Balaban J connectivity index is 0.00000420. The summed E-state index contributed by atoms with van der Waals surface area (Å²) < 4.78 is 52.3. The number of nitrogens with zero attached hydrogens (tertiary/aromatic N) is 2. The van der Waals surface area contributed by atoms with Crippen LogP contribution in [0.1, 0.15) is 37.3 Å². The van der Waals surface area contributed by atoms with Gasteiger partial charge in [0, 0.05) is 39.6 Å². The van der Waals surface area contributed by atoms with Gasteiger partial charge >= 0.3 is 6.18 Å². The van der Waals surface area contributed by atoms with Crippen LogP contribution in [0.25, 0.3) is 0 Å². The topological polar surface area (TPSA) is 56.7 Å². The number of aliphatic imine (C=N–C) groups is 1. The van der Waals surface area contributed by atoms with Gasteiger partial charge in [0.2, 0.25) is 5.91 Å². The summed E-state index contributed by atoms with van der Waals surface area (Å²) >= 11 is 0. The van der Waals surface area contributed by atoms with Gasteiger partial charge in [-0.15, -0.1) is 24.0 Å². The lowest BCUT2D eigenvalue weighted by molar-refractivity contribution is -0.138. The van der Waals surface area contributed by atoms with Crippen LogP contribution in [0.15, 0.2) is 23.2 Å². The summed E-state index contributed by atoms with van der Waals surface area (Å²) in [4.78, 5) is 18.0. The van der Waals surface area contributed by atoms with Crippen molar-refractivity contribution in [2.24, 2.45) is 10.9 Å². The molecule has 0 aliphatic carbocycles. The van der Waals surface area contributed by atoms with Crippen molar-refractivity contribution < 1.29 is 22.4 Å². The maximum atomic E-state index is 13.2. The van der Waals surface area contributed by atoms with Gasteiger partial charge in [0.25, 0.3) is 0 Å². The maximum absolute atomic E-state index is 13.2. The summed E-state index contributed by atoms with van der Waals surface area (Å²) in [6, 6.07) is 2.56. The van der Waals surface area contributed by atoms with Gasteiger partial charge in [0.1, 0.15) is 5.82 Å². The van der Waals surface area contributed by atoms with Crippen LogP contribution in [0.5, 0.6) is 0 Å². The van der Waals surface area contributed by atoms with E-state index in [0.29, 0.717) is 18.5 Å². The third-order valence-electron chi connectivity index (χ3n) is 4.69. The number of amides is 1. The Morgan fingerprint density at radius 1 is 1.31 bits per heavy atom. The second-order valence-corrected chi connectivity index (χ2v) is 6.99. The van der Waals surface area contributed by atoms with Crippen molar-refractivity contribution in [3.8, 4) is 0 Å².